The van der Waals surface area contributed by atoms with Crippen molar-refractivity contribution in [1.29, 1.82) is 0 Å². The smallest absolute Gasteiger partial charge is 0.268 e. The molecule has 0 radical (unpaired) electrons. The van der Waals surface area contributed by atoms with E-state index in [1.165, 1.54) is 16.2 Å². The molecule has 25 heavy (non-hydrogen) atoms. The number of nitrogens with zero attached hydrogens (tertiary/aromatic N) is 1. The summed E-state index contributed by atoms with van der Waals surface area (Å²) >= 11 is 3.23. The first-order valence-corrected chi connectivity index (χ1v) is 9.83. The third-order valence-electron chi connectivity index (χ3n) is 3.92. The van der Waals surface area contributed by atoms with Crippen LogP contribution in [0, 0.1) is 0 Å². The number of hydrogen-bond acceptors (Lipinski definition) is 4. The van der Waals surface area contributed by atoms with E-state index >= 15 is 0 Å². The fraction of sp³-hybridized carbons (Fsp3) is 0.150. The summed E-state index contributed by atoms with van der Waals surface area (Å²) in [7, 11) is 3.40. The Morgan fingerprint density at radius 3 is 2.64 bits per heavy atom. The van der Waals surface area contributed by atoms with Crippen LogP contribution in [-0.4, -0.2) is 26.3 Å². The second kappa shape index (κ2) is 7.76. The van der Waals surface area contributed by atoms with Gasteiger partial charge in [0.1, 0.15) is 5.75 Å². The quantitative estimate of drug-likeness (QED) is 0.562. The third-order valence-corrected chi connectivity index (χ3v) is 5.76. The van der Waals surface area contributed by atoms with Crippen molar-refractivity contribution in [2.75, 3.05) is 25.3 Å². The van der Waals surface area contributed by atoms with Gasteiger partial charge in [0.25, 0.3) is 5.91 Å². The molecule has 3 aromatic rings. The van der Waals surface area contributed by atoms with Gasteiger partial charge in [-0.15, -0.1) is 23.1 Å². The number of benzene rings is 2. The predicted octanol–water partition coefficient (Wildman–Crippen LogP) is 5.42. The molecule has 0 saturated carbocycles. The van der Waals surface area contributed by atoms with E-state index in [0.717, 1.165) is 26.8 Å². The minimum Gasteiger partial charge on any atom is -0.497 e. The van der Waals surface area contributed by atoms with Gasteiger partial charge in [-0.1, -0.05) is 18.2 Å². The topological polar surface area (TPSA) is 29.5 Å². The average Bonchev–Trinajstić information content (AvgIpc) is 3.17. The Bertz CT molecular complexity index is 889. The van der Waals surface area contributed by atoms with Gasteiger partial charge in [-0.2, -0.15) is 0 Å². The number of carbonyl (C=O) groups is 1. The Balaban J connectivity index is 1.84. The van der Waals surface area contributed by atoms with E-state index in [9.17, 15) is 4.79 Å². The van der Waals surface area contributed by atoms with Gasteiger partial charge < -0.3 is 9.64 Å². The minimum absolute atomic E-state index is 0.0227. The Kier molecular flexibility index (Phi) is 5.46. The Morgan fingerprint density at radius 1 is 1.08 bits per heavy atom. The van der Waals surface area contributed by atoms with Crippen LogP contribution in [0.5, 0.6) is 5.75 Å². The summed E-state index contributed by atoms with van der Waals surface area (Å²) < 4.78 is 5.24. The lowest BCUT2D eigenvalue weighted by Crippen LogP contribution is -2.25. The normalized spacial score (nSPS) is 10.5. The number of ether oxygens (including phenoxy) is 1. The van der Waals surface area contributed by atoms with Gasteiger partial charge in [0.15, 0.2) is 0 Å². The van der Waals surface area contributed by atoms with Crippen molar-refractivity contribution in [3.8, 4) is 16.2 Å². The van der Waals surface area contributed by atoms with Crippen molar-refractivity contribution in [1.82, 2.24) is 0 Å². The van der Waals surface area contributed by atoms with Gasteiger partial charge in [0.05, 0.1) is 12.0 Å². The summed E-state index contributed by atoms with van der Waals surface area (Å²) in [5.41, 5.74) is 1.95. The highest BCUT2D eigenvalue weighted by molar-refractivity contribution is 7.98. The van der Waals surface area contributed by atoms with Crippen molar-refractivity contribution < 1.29 is 9.53 Å². The van der Waals surface area contributed by atoms with Crippen LogP contribution in [0.1, 0.15) is 9.67 Å². The fourth-order valence-corrected chi connectivity index (χ4v) is 3.92. The first-order chi connectivity index (χ1) is 12.1. The number of amides is 1. The SMILES string of the molecule is COc1cccc(N(C)C(=O)c2ccc(-c3cccc(SC)c3)s2)c1. The van der Waals surface area contributed by atoms with E-state index < -0.39 is 0 Å². The summed E-state index contributed by atoms with van der Waals surface area (Å²) in [6.07, 6.45) is 2.06. The van der Waals surface area contributed by atoms with Gasteiger partial charge in [-0.25, -0.2) is 0 Å². The molecule has 1 amide bonds. The maximum Gasteiger partial charge on any atom is 0.268 e. The van der Waals surface area contributed by atoms with E-state index in [1.807, 2.05) is 42.5 Å². The van der Waals surface area contributed by atoms with Crippen LogP contribution in [0.15, 0.2) is 65.6 Å². The van der Waals surface area contributed by atoms with Crippen LogP contribution in [0.4, 0.5) is 5.69 Å². The molecule has 0 fully saturated rings. The van der Waals surface area contributed by atoms with Crippen molar-refractivity contribution in [2.24, 2.45) is 0 Å². The van der Waals surface area contributed by atoms with Gasteiger partial charge in [0.2, 0.25) is 0 Å². The van der Waals surface area contributed by atoms with Gasteiger partial charge in [-0.3, -0.25) is 4.79 Å². The first kappa shape index (κ1) is 17.6. The van der Waals surface area contributed by atoms with Gasteiger partial charge in [0, 0.05) is 28.6 Å². The molecule has 0 aliphatic rings. The van der Waals surface area contributed by atoms with Crippen LogP contribution in [0.2, 0.25) is 0 Å². The molecule has 0 aliphatic heterocycles. The molecule has 0 unspecified atom stereocenters. The number of rotatable bonds is 5. The summed E-state index contributed by atoms with van der Waals surface area (Å²) in [4.78, 5) is 17.5. The van der Waals surface area contributed by atoms with E-state index in [1.54, 1.807) is 30.8 Å². The molecule has 0 N–H and O–H groups in total. The fourth-order valence-electron chi connectivity index (χ4n) is 2.49. The van der Waals surface area contributed by atoms with Crippen molar-refractivity contribution in [3.05, 3.63) is 65.5 Å². The zero-order valence-corrected chi connectivity index (χ0v) is 16.0. The molecule has 0 aliphatic carbocycles. The average molecular weight is 370 g/mol. The zero-order chi connectivity index (χ0) is 17.8. The van der Waals surface area contributed by atoms with Crippen molar-refractivity contribution >= 4 is 34.7 Å². The highest BCUT2D eigenvalue weighted by Crippen LogP contribution is 2.32. The molecule has 5 heteroatoms. The van der Waals surface area contributed by atoms with Crippen molar-refractivity contribution in [2.45, 2.75) is 4.90 Å². The molecule has 0 saturated heterocycles. The Labute approximate surface area is 156 Å². The summed E-state index contributed by atoms with van der Waals surface area (Å²) in [5, 5.41) is 0. The van der Waals surface area contributed by atoms with Crippen molar-refractivity contribution in [3.63, 3.8) is 0 Å². The summed E-state index contributed by atoms with van der Waals surface area (Å²) in [6, 6.07) is 19.8. The molecule has 2 aromatic carbocycles. The molecule has 0 spiro atoms. The van der Waals surface area contributed by atoms with E-state index in [4.69, 9.17) is 4.74 Å². The number of hydrogen-bond donors (Lipinski definition) is 0. The molecular formula is C20H19NO2S2. The Hall–Kier alpha value is -2.24. The van der Waals surface area contributed by atoms with Crippen LogP contribution < -0.4 is 9.64 Å². The molecule has 0 atom stereocenters. The lowest BCUT2D eigenvalue weighted by atomic mass is 10.2. The number of thiophene rings is 1. The molecule has 128 valence electrons. The number of carbonyl (C=O) groups excluding carboxylic acids is 1. The van der Waals surface area contributed by atoms with Gasteiger partial charge in [-0.05, 0) is 48.2 Å². The molecule has 3 nitrogen and oxygen atoms in total. The lowest BCUT2D eigenvalue weighted by molar-refractivity contribution is 0.0997. The molecule has 1 heterocycles. The molecule has 1 aromatic heterocycles. The monoisotopic (exact) mass is 369 g/mol. The number of thioether (sulfide) groups is 1. The first-order valence-electron chi connectivity index (χ1n) is 7.78. The highest BCUT2D eigenvalue weighted by Gasteiger charge is 2.17. The maximum atomic E-state index is 12.8. The molecular weight excluding hydrogens is 350 g/mol. The molecule has 0 bridgehead atoms. The van der Waals surface area contributed by atoms with Crippen LogP contribution in [-0.2, 0) is 0 Å². The largest absolute Gasteiger partial charge is 0.497 e. The van der Waals surface area contributed by atoms with E-state index in [0.29, 0.717) is 0 Å². The highest BCUT2D eigenvalue weighted by atomic mass is 32.2. The Morgan fingerprint density at radius 2 is 1.88 bits per heavy atom. The second-order valence-corrected chi connectivity index (χ2v) is 7.42. The molecule has 3 rings (SSSR count). The van der Waals surface area contributed by atoms with E-state index in [2.05, 4.69) is 24.5 Å². The van der Waals surface area contributed by atoms with Crippen LogP contribution in [0.3, 0.4) is 0 Å². The summed E-state index contributed by atoms with van der Waals surface area (Å²) in [6.45, 7) is 0. The van der Waals surface area contributed by atoms with E-state index in [-0.39, 0.29) is 5.91 Å². The van der Waals surface area contributed by atoms with Crippen LogP contribution in [0.25, 0.3) is 10.4 Å². The lowest BCUT2D eigenvalue weighted by Gasteiger charge is -2.17. The number of anilines is 1. The van der Waals surface area contributed by atoms with Gasteiger partial charge >= 0.3 is 0 Å². The maximum absolute atomic E-state index is 12.8. The van der Waals surface area contributed by atoms with Crippen LogP contribution >= 0.6 is 23.1 Å². The third kappa shape index (κ3) is 3.89. The number of methoxy groups -OCH3 is 1. The summed E-state index contributed by atoms with van der Waals surface area (Å²) in [5.74, 6) is 0.712. The zero-order valence-electron chi connectivity index (χ0n) is 14.4. The minimum atomic E-state index is -0.0227. The second-order valence-electron chi connectivity index (χ2n) is 5.46. The predicted molar refractivity (Wildman–Crippen MR) is 107 cm³/mol. The standard InChI is InChI=1S/C20H19NO2S2/c1-21(15-7-5-8-16(13-15)23-2)20(22)19-11-10-18(25-19)14-6-4-9-17(12-14)24-3/h4-13H,1-3H3.